The van der Waals surface area contributed by atoms with Gasteiger partial charge in [-0.1, -0.05) is 39.0 Å². The quantitative estimate of drug-likeness (QED) is 0.508. The van der Waals surface area contributed by atoms with Crippen LogP contribution in [0.3, 0.4) is 0 Å². The molecule has 2 aromatic rings. The normalized spacial score (nSPS) is 24.1. The topological polar surface area (TPSA) is 124 Å². The summed E-state index contributed by atoms with van der Waals surface area (Å²) >= 11 is 1.48. The molecule has 2 fully saturated rings. The first kappa shape index (κ1) is 24.3. The lowest BCUT2D eigenvalue weighted by Gasteiger charge is -2.20. The predicted octanol–water partition coefficient (Wildman–Crippen LogP) is 3.94. The summed E-state index contributed by atoms with van der Waals surface area (Å²) in [6.45, 7) is 2.12. The molecule has 2 aliphatic rings. The molecular weight excluding hydrogens is 460 g/mol. The third kappa shape index (κ3) is 6.59. The Labute approximate surface area is 199 Å². The van der Waals surface area contributed by atoms with Crippen molar-refractivity contribution in [2.75, 3.05) is 11.9 Å². The maximum atomic E-state index is 13.3. The Bertz CT molecular complexity index is 1070. The van der Waals surface area contributed by atoms with Crippen LogP contribution in [0.1, 0.15) is 72.7 Å². The minimum Gasteiger partial charge on any atom is -0.367 e. The number of rotatable bonds is 9. The number of carbonyl (C=O) groups excluding carboxylic acids is 1. The SMILES string of the molecule is C[C@H]1C[C@H](Nc2ncncc2C(=O)c2cc(CC3CCCCC3)cs2)C[C@@H]1COS(N)(=O)=O. The number of nitrogens with one attached hydrogen (secondary N) is 1. The largest absolute Gasteiger partial charge is 0.367 e. The Morgan fingerprint density at radius 3 is 2.82 bits per heavy atom. The molecule has 33 heavy (non-hydrogen) atoms. The van der Waals surface area contributed by atoms with E-state index in [0.29, 0.717) is 22.7 Å². The van der Waals surface area contributed by atoms with E-state index in [1.54, 1.807) is 6.20 Å². The maximum absolute atomic E-state index is 13.3. The Balaban J connectivity index is 1.41. The molecule has 2 heterocycles. The third-order valence-corrected chi connectivity index (χ3v) is 8.36. The van der Waals surface area contributed by atoms with E-state index < -0.39 is 10.3 Å². The van der Waals surface area contributed by atoms with Crippen molar-refractivity contribution in [1.82, 2.24) is 9.97 Å². The van der Waals surface area contributed by atoms with Gasteiger partial charge < -0.3 is 5.32 Å². The first-order valence-electron chi connectivity index (χ1n) is 11.6. The van der Waals surface area contributed by atoms with Crippen LogP contribution in [0.2, 0.25) is 0 Å². The first-order chi connectivity index (χ1) is 15.8. The molecule has 0 saturated heterocycles. The van der Waals surface area contributed by atoms with Crippen molar-refractivity contribution >= 4 is 33.2 Å². The Hall–Kier alpha value is -1.88. The second kappa shape index (κ2) is 10.6. The summed E-state index contributed by atoms with van der Waals surface area (Å²) in [5.74, 6) is 1.48. The molecule has 180 valence electrons. The number of ketones is 1. The second-order valence-electron chi connectivity index (χ2n) is 9.47. The van der Waals surface area contributed by atoms with Gasteiger partial charge in [0, 0.05) is 12.2 Å². The summed E-state index contributed by atoms with van der Waals surface area (Å²) < 4.78 is 27.0. The molecule has 2 aromatic heterocycles. The summed E-state index contributed by atoms with van der Waals surface area (Å²) in [6, 6.07) is 2.08. The molecular formula is C23H32N4O4S2. The van der Waals surface area contributed by atoms with E-state index in [9.17, 15) is 13.2 Å². The molecule has 2 aliphatic carbocycles. The summed E-state index contributed by atoms with van der Waals surface area (Å²) in [4.78, 5) is 22.4. The molecule has 2 saturated carbocycles. The van der Waals surface area contributed by atoms with E-state index in [4.69, 9.17) is 9.32 Å². The minimum atomic E-state index is -3.95. The zero-order valence-corrected chi connectivity index (χ0v) is 20.5. The zero-order valence-electron chi connectivity index (χ0n) is 18.9. The molecule has 0 aromatic carbocycles. The van der Waals surface area contributed by atoms with E-state index in [1.807, 2.05) is 6.07 Å². The van der Waals surface area contributed by atoms with Crippen LogP contribution in [0, 0.1) is 17.8 Å². The fourth-order valence-electron chi connectivity index (χ4n) is 5.13. The predicted molar refractivity (Wildman–Crippen MR) is 128 cm³/mol. The van der Waals surface area contributed by atoms with Gasteiger partial charge >= 0.3 is 10.3 Å². The highest BCUT2D eigenvalue weighted by Crippen LogP contribution is 2.35. The number of thiophene rings is 1. The molecule has 0 bridgehead atoms. The molecule has 3 atom stereocenters. The molecule has 0 aliphatic heterocycles. The van der Waals surface area contributed by atoms with E-state index in [1.165, 1.54) is 55.3 Å². The van der Waals surface area contributed by atoms with Gasteiger partial charge in [0.15, 0.2) is 0 Å². The van der Waals surface area contributed by atoms with Crippen LogP contribution in [0.25, 0.3) is 0 Å². The number of hydrogen-bond acceptors (Lipinski definition) is 8. The van der Waals surface area contributed by atoms with Crippen molar-refractivity contribution in [2.45, 2.75) is 64.3 Å². The Kier molecular flexibility index (Phi) is 7.78. The van der Waals surface area contributed by atoms with Crippen LogP contribution in [-0.4, -0.2) is 36.8 Å². The first-order valence-corrected chi connectivity index (χ1v) is 14.0. The lowest BCUT2D eigenvalue weighted by molar-refractivity contribution is 0.104. The van der Waals surface area contributed by atoms with Crippen molar-refractivity contribution in [1.29, 1.82) is 0 Å². The van der Waals surface area contributed by atoms with E-state index >= 15 is 0 Å². The summed E-state index contributed by atoms with van der Waals surface area (Å²) in [5, 5.41) is 10.5. The summed E-state index contributed by atoms with van der Waals surface area (Å²) in [7, 11) is -3.95. The van der Waals surface area contributed by atoms with Crippen molar-refractivity contribution in [3.05, 3.63) is 40.0 Å². The molecule has 3 N–H and O–H groups in total. The molecule has 4 rings (SSSR count). The average molecular weight is 493 g/mol. The van der Waals surface area contributed by atoms with Crippen LogP contribution in [0.5, 0.6) is 0 Å². The highest BCUT2D eigenvalue weighted by Gasteiger charge is 2.33. The zero-order chi connectivity index (χ0) is 23.4. The lowest BCUT2D eigenvalue weighted by Crippen LogP contribution is -2.22. The van der Waals surface area contributed by atoms with Crippen molar-refractivity contribution in [3.63, 3.8) is 0 Å². The fourth-order valence-corrected chi connectivity index (χ4v) is 6.37. The average Bonchev–Trinajstić information content (AvgIpc) is 3.38. The van der Waals surface area contributed by atoms with Gasteiger partial charge in [0.25, 0.3) is 0 Å². The van der Waals surface area contributed by atoms with Crippen molar-refractivity contribution < 1.29 is 17.4 Å². The van der Waals surface area contributed by atoms with E-state index in [0.717, 1.165) is 18.8 Å². The van der Waals surface area contributed by atoms with Crippen LogP contribution < -0.4 is 10.5 Å². The summed E-state index contributed by atoms with van der Waals surface area (Å²) in [5.41, 5.74) is 1.70. The van der Waals surface area contributed by atoms with Crippen LogP contribution >= 0.6 is 11.3 Å². The number of anilines is 1. The van der Waals surface area contributed by atoms with Crippen LogP contribution in [-0.2, 0) is 20.9 Å². The van der Waals surface area contributed by atoms with Crippen molar-refractivity contribution in [2.24, 2.45) is 22.9 Å². The molecule has 0 unspecified atom stereocenters. The van der Waals surface area contributed by atoms with E-state index in [2.05, 4.69) is 27.6 Å². The van der Waals surface area contributed by atoms with Crippen molar-refractivity contribution in [3.8, 4) is 0 Å². The molecule has 0 radical (unpaired) electrons. The highest BCUT2D eigenvalue weighted by atomic mass is 32.2. The molecule has 0 amide bonds. The lowest BCUT2D eigenvalue weighted by atomic mass is 9.85. The van der Waals surface area contributed by atoms with Gasteiger partial charge in [-0.15, -0.1) is 11.3 Å². The third-order valence-electron chi connectivity index (χ3n) is 6.92. The number of nitrogens with zero attached hydrogens (tertiary/aromatic N) is 2. The Morgan fingerprint density at radius 2 is 2.06 bits per heavy atom. The van der Waals surface area contributed by atoms with Gasteiger partial charge in [-0.2, -0.15) is 8.42 Å². The van der Waals surface area contributed by atoms with Gasteiger partial charge in [-0.05, 0) is 54.0 Å². The number of hydrogen-bond donors (Lipinski definition) is 2. The summed E-state index contributed by atoms with van der Waals surface area (Å²) in [6.07, 6.45) is 12.1. The van der Waals surface area contributed by atoms with Crippen LogP contribution in [0.15, 0.2) is 24.0 Å². The van der Waals surface area contributed by atoms with Gasteiger partial charge in [0.2, 0.25) is 5.78 Å². The number of carbonyl (C=O) groups is 1. The number of aromatic nitrogens is 2. The smallest absolute Gasteiger partial charge is 0.333 e. The molecule has 10 heteroatoms. The monoisotopic (exact) mass is 492 g/mol. The highest BCUT2D eigenvalue weighted by molar-refractivity contribution is 7.84. The Morgan fingerprint density at radius 1 is 1.27 bits per heavy atom. The van der Waals surface area contributed by atoms with Gasteiger partial charge in [-0.25, -0.2) is 15.1 Å². The number of nitrogens with two attached hydrogens (primary N) is 1. The second-order valence-corrected chi connectivity index (χ2v) is 11.6. The minimum absolute atomic E-state index is 0.0562. The van der Waals surface area contributed by atoms with Crippen LogP contribution in [0.4, 0.5) is 5.82 Å². The fraction of sp³-hybridized carbons (Fsp3) is 0.609. The van der Waals surface area contributed by atoms with E-state index in [-0.39, 0.29) is 30.3 Å². The van der Waals surface area contributed by atoms with Gasteiger partial charge in [-0.3, -0.25) is 8.98 Å². The molecule has 8 nitrogen and oxygen atoms in total. The van der Waals surface area contributed by atoms with Gasteiger partial charge in [0.1, 0.15) is 12.1 Å². The standard InChI is InChI=1S/C23H32N4O4S2/c1-15-7-19(10-18(15)12-31-33(24,29)30)27-23-20(11-25-14-26-23)22(28)21-9-17(13-32-21)8-16-5-3-2-4-6-16/h9,11,13-16,18-19H,2-8,10,12H2,1H3,(H2,24,29,30)(H,25,26,27)/t15-,18+,19-/m0/s1. The maximum Gasteiger partial charge on any atom is 0.333 e. The molecule has 0 spiro atoms. The van der Waals surface area contributed by atoms with Gasteiger partial charge in [0.05, 0.1) is 17.0 Å².